The molecule has 208 valence electrons. The predicted molar refractivity (Wildman–Crippen MR) is 184 cm³/mol. The number of benzene rings is 6. The van der Waals surface area contributed by atoms with Crippen molar-refractivity contribution in [3.05, 3.63) is 181 Å². The van der Waals surface area contributed by atoms with Gasteiger partial charge in [-0.25, -0.2) is 0 Å². The van der Waals surface area contributed by atoms with Gasteiger partial charge in [0.1, 0.15) is 0 Å². The third-order valence-electron chi connectivity index (χ3n) is 9.36. The monoisotopic (exact) mass is 562 g/mol. The molecule has 1 aliphatic carbocycles. The fourth-order valence-corrected chi connectivity index (χ4v) is 7.46. The van der Waals surface area contributed by atoms with Crippen molar-refractivity contribution in [2.45, 2.75) is 12.0 Å². The van der Waals surface area contributed by atoms with Crippen LogP contribution in [0.15, 0.2) is 164 Å². The molecule has 6 aromatic carbocycles. The maximum absolute atomic E-state index is 2.61. The molecule has 9 rings (SSSR count). The molecule has 0 saturated heterocycles. The lowest BCUT2D eigenvalue weighted by Gasteiger charge is -2.34. The zero-order valence-corrected chi connectivity index (χ0v) is 24.2. The predicted octanol–water partition coefficient (Wildman–Crippen LogP) is 11.0. The van der Waals surface area contributed by atoms with Gasteiger partial charge in [-0.2, -0.15) is 0 Å². The van der Waals surface area contributed by atoms with E-state index in [-0.39, 0.29) is 12.0 Å². The van der Waals surface area contributed by atoms with Crippen LogP contribution in [0.1, 0.15) is 28.8 Å². The number of hydrogen-bond donors (Lipinski definition) is 0. The number of rotatable bonds is 4. The minimum atomic E-state index is 0.0958. The third-order valence-corrected chi connectivity index (χ3v) is 9.36. The van der Waals surface area contributed by atoms with Gasteiger partial charge in [0.15, 0.2) is 0 Å². The topological polar surface area (TPSA) is 8.17 Å². The molecule has 0 N–H and O–H groups in total. The Morgan fingerprint density at radius 3 is 1.89 bits per heavy atom. The van der Waals surface area contributed by atoms with E-state index in [0.29, 0.717) is 0 Å². The molecule has 1 aliphatic heterocycles. The van der Waals surface area contributed by atoms with Gasteiger partial charge in [0.2, 0.25) is 0 Å². The van der Waals surface area contributed by atoms with Crippen molar-refractivity contribution in [3.63, 3.8) is 0 Å². The lowest BCUT2D eigenvalue weighted by atomic mass is 9.85. The number of fused-ring (bicyclic) bond motifs is 7. The summed E-state index contributed by atoms with van der Waals surface area (Å²) in [5.41, 5.74) is 13.9. The summed E-state index contributed by atoms with van der Waals surface area (Å²) in [6.45, 7) is 0. The molecular weight excluding hydrogens is 532 g/mol. The summed E-state index contributed by atoms with van der Waals surface area (Å²) >= 11 is 0. The maximum Gasteiger partial charge on any atom is 0.0856 e. The van der Waals surface area contributed by atoms with Gasteiger partial charge < -0.3 is 9.47 Å². The largest absolute Gasteiger partial charge is 0.331 e. The van der Waals surface area contributed by atoms with Gasteiger partial charge in [-0.15, -0.1) is 0 Å². The highest BCUT2D eigenvalue weighted by Crippen LogP contribution is 2.58. The molecule has 1 aromatic heterocycles. The van der Waals surface area contributed by atoms with Crippen molar-refractivity contribution in [3.8, 4) is 27.9 Å². The average Bonchev–Trinajstić information content (AvgIpc) is 3.62. The fourth-order valence-electron chi connectivity index (χ4n) is 7.46. The lowest BCUT2D eigenvalue weighted by molar-refractivity contribution is 0.637. The van der Waals surface area contributed by atoms with Gasteiger partial charge in [0.05, 0.1) is 17.3 Å². The van der Waals surface area contributed by atoms with Crippen LogP contribution in [0.3, 0.4) is 0 Å². The molecule has 2 unspecified atom stereocenters. The zero-order chi connectivity index (χ0) is 29.0. The first-order chi connectivity index (χ1) is 21.9. The van der Waals surface area contributed by atoms with Crippen LogP contribution >= 0.6 is 0 Å². The van der Waals surface area contributed by atoms with Crippen molar-refractivity contribution in [1.29, 1.82) is 0 Å². The van der Waals surface area contributed by atoms with E-state index in [1.54, 1.807) is 0 Å². The Kier molecular flexibility index (Phi) is 5.67. The summed E-state index contributed by atoms with van der Waals surface area (Å²) in [7, 11) is 0. The van der Waals surface area contributed by atoms with Gasteiger partial charge in [0.25, 0.3) is 0 Å². The molecule has 44 heavy (non-hydrogen) atoms. The van der Waals surface area contributed by atoms with E-state index in [4.69, 9.17) is 0 Å². The highest BCUT2D eigenvalue weighted by molar-refractivity contribution is 5.96. The fraction of sp³-hybridized carbons (Fsp3) is 0.0476. The molecule has 7 aromatic rings. The van der Waals surface area contributed by atoms with E-state index in [1.165, 1.54) is 67.0 Å². The Morgan fingerprint density at radius 1 is 0.477 bits per heavy atom. The quantitative estimate of drug-likeness (QED) is 0.207. The summed E-state index contributed by atoms with van der Waals surface area (Å²) in [5, 5.41) is 1.29. The molecule has 2 heterocycles. The van der Waals surface area contributed by atoms with Crippen molar-refractivity contribution < 1.29 is 0 Å². The summed E-state index contributed by atoms with van der Waals surface area (Å²) in [6, 6.07) is 57.3. The first kappa shape index (κ1) is 24.9. The standard InChI is InChI=1S/C42H30N2/c1-3-13-29(14-4-1)30-23-25-32(26-24-30)43-39-21-11-8-18-34(39)36-27-28-37-35-19-9-12-22-40(35)44(42(37)41(36)43)38-20-10-7-17-33(38)31-15-5-2-6-16-31/h1-28,37,42H. The molecule has 2 nitrogen and oxygen atoms in total. The van der Waals surface area contributed by atoms with E-state index in [1.807, 2.05) is 0 Å². The average molecular weight is 563 g/mol. The smallest absolute Gasteiger partial charge is 0.0856 e. The Bertz CT molecular complexity index is 2170. The molecule has 0 radical (unpaired) electrons. The number of hydrogen-bond acceptors (Lipinski definition) is 1. The Labute approximate surface area is 257 Å². The third kappa shape index (κ3) is 3.74. The Morgan fingerprint density at radius 2 is 1.09 bits per heavy atom. The second kappa shape index (κ2) is 10.00. The summed E-state index contributed by atoms with van der Waals surface area (Å²) in [4.78, 5) is 2.61. The minimum Gasteiger partial charge on any atom is -0.331 e. The highest BCUT2D eigenvalue weighted by atomic mass is 15.2. The van der Waals surface area contributed by atoms with E-state index in [0.717, 1.165) is 0 Å². The first-order valence-corrected chi connectivity index (χ1v) is 15.4. The summed E-state index contributed by atoms with van der Waals surface area (Å²) in [6.07, 6.45) is 4.81. The second-order valence-electron chi connectivity index (χ2n) is 11.7. The van der Waals surface area contributed by atoms with Gasteiger partial charge >= 0.3 is 0 Å². The minimum absolute atomic E-state index is 0.0958. The van der Waals surface area contributed by atoms with E-state index < -0.39 is 0 Å². The molecule has 2 aliphatic rings. The van der Waals surface area contributed by atoms with Crippen molar-refractivity contribution in [2.24, 2.45) is 0 Å². The second-order valence-corrected chi connectivity index (χ2v) is 11.7. The van der Waals surface area contributed by atoms with Crippen LogP contribution in [0.4, 0.5) is 11.4 Å². The first-order valence-electron chi connectivity index (χ1n) is 15.4. The van der Waals surface area contributed by atoms with E-state index in [2.05, 4.69) is 179 Å². The van der Waals surface area contributed by atoms with Crippen LogP contribution in [0, 0.1) is 0 Å². The Hall–Kier alpha value is -5.60. The summed E-state index contributed by atoms with van der Waals surface area (Å²) in [5.74, 6) is 0.231. The van der Waals surface area contributed by atoms with Crippen LogP contribution in [-0.4, -0.2) is 4.57 Å². The van der Waals surface area contributed by atoms with Crippen LogP contribution in [-0.2, 0) is 0 Å². The zero-order valence-electron chi connectivity index (χ0n) is 24.2. The molecule has 2 atom stereocenters. The lowest BCUT2D eigenvalue weighted by Crippen LogP contribution is -2.26. The normalized spacial score (nSPS) is 16.5. The molecule has 0 fully saturated rings. The van der Waals surface area contributed by atoms with Crippen molar-refractivity contribution >= 4 is 28.4 Å². The van der Waals surface area contributed by atoms with E-state index >= 15 is 0 Å². The maximum atomic E-state index is 2.61. The molecule has 2 heteroatoms. The number of para-hydroxylation sites is 3. The Balaban J connectivity index is 1.29. The SMILES string of the molecule is C1=CC2c3ccccc3N(c3ccccc3-c3ccccc3)C2c2c1c1ccccc1n2-c1ccc(-c2ccccc2)cc1. The van der Waals surface area contributed by atoms with Crippen LogP contribution in [0.5, 0.6) is 0 Å². The summed E-state index contributed by atoms with van der Waals surface area (Å²) < 4.78 is 2.52. The number of nitrogens with zero attached hydrogens (tertiary/aromatic N) is 2. The molecule has 0 spiro atoms. The molecule has 0 amide bonds. The van der Waals surface area contributed by atoms with Crippen molar-refractivity contribution in [1.82, 2.24) is 4.57 Å². The van der Waals surface area contributed by atoms with Gasteiger partial charge in [-0.1, -0.05) is 140 Å². The highest BCUT2D eigenvalue weighted by Gasteiger charge is 2.44. The van der Waals surface area contributed by atoms with Gasteiger partial charge in [-0.05, 0) is 52.6 Å². The number of anilines is 2. The van der Waals surface area contributed by atoms with E-state index in [9.17, 15) is 0 Å². The number of aromatic nitrogens is 1. The molecule has 0 bridgehead atoms. The van der Waals surface area contributed by atoms with Crippen molar-refractivity contribution in [2.75, 3.05) is 4.90 Å². The van der Waals surface area contributed by atoms with Gasteiger partial charge in [0, 0.05) is 39.5 Å². The van der Waals surface area contributed by atoms with Crippen LogP contribution in [0.2, 0.25) is 0 Å². The van der Waals surface area contributed by atoms with Crippen LogP contribution < -0.4 is 4.90 Å². The van der Waals surface area contributed by atoms with Gasteiger partial charge in [-0.3, -0.25) is 0 Å². The molecular formula is C42H30N2. The van der Waals surface area contributed by atoms with Crippen LogP contribution in [0.25, 0.3) is 44.9 Å². The molecule has 0 saturated carbocycles.